The zero-order valence-corrected chi connectivity index (χ0v) is 34.9. The predicted octanol–water partition coefficient (Wildman–Crippen LogP) is 6.81. The molecular weight excluding hydrogens is 760 g/mol. The van der Waals surface area contributed by atoms with E-state index in [1.54, 1.807) is 52.0 Å². The Morgan fingerprint density at radius 2 is 1.59 bits per heavy atom. The lowest BCUT2D eigenvalue weighted by Crippen LogP contribution is -2.46. The quantitative estimate of drug-likeness (QED) is 0.0694. The number of esters is 1. The van der Waals surface area contributed by atoms with Gasteiger partial charge in [-0.15, -0.1) is 0 Å². The number of aliphatic hydroxyl groups is 2. The Bertz CT molecular complexity index is 2260. The Balaban J connectivity index is 1.74. The van der Waals surface area contributed by atoms with Crippen molar-refractivity contribution in [3.05, 3.63) is 82.7 Å². The number of aromatic hydroxyl groups is 3. The molecule has 9 unspecified atom stereocenters. The van der Waals surface area contributed by atoms with Crippen LogP contribution in [0.25, 0.3) is 10.8 Å². The van der Waals surface area contributed by atoms with E-state index in [4.69, 9.17) is 18.9 Å². The molecule has 14 heteroatoms. The first-order chi connectivity index (χ1) is 27.7. The van der Waals surface area contributed by atoms with Crippen molar-refractivity contribution in [1.29, 1.82) is 0 Å². The fraction of sp³-hybridized carbons (Fsp3) is 0.422. The van der Waals surface area contributed by atoms with Crippen LogP contribution in [0, 0.1) is 37.5 Å². The van der Waals surface area contributed by atoms with Crippen LogP contribution in [0.4, 0.5) is 11.4 Å². The minimum absolute atomic E-state index is 0.0443. The fourth-order valence-electron chi connectivity index (χ4n) is 7.71. The first kappa shape index (κ1) is 44.4. The molecule has 9 atom stereocenters. The zero-order valence-electron chi connectivity index (χ0n) is 34.9. The Hall–Kier alpha value is -5.70. The van der Waals surface area contributed by atoms with Gasteiger partial charge in [0.05, 0.1) is 52.5 Å². The highest BCUT2D eigenvalue weighted by atomic mass is 16.7. The van der Waals surface area contributed by atoms with Gasteiger partial charge in [-0.2, -0.15) is 0 Å². The third kappa shape index (κ3) is 8.56. The molecule has 0 saturated carbocycles. The predicted molar refractivity (Wildman–Crippen MR) is 222 cm³/mol. The summed E-state index contributed by atoms with van der Waals surface area (Å²) in [5, 5.41) is 60.5. The third-order valence-electron chi connectivity index (χ3n) is 11.5. The van der Waals surface area contributed by atoms with Crippen LogP contribution in [0.1, 0.15) is 75.5 Å². The number of allylic oxidation sites excluding steroid dienone is 2. The standard InChI is InChI=1S/C45H54N2O12/c1-21-14-11-12-17-30(21)46-20-29-35-40(53)33-32(39(29)52)34-42(27(7)38(33)51)59-45(9,43(34)54)57-19-18-31(56-10)24(4)41(58-28(8)48)26(6)37(50)25(5)36(49)22(2)15-13-16-23(3)44(55)47-35/h11-20,22,24-26,31,36-37,41,49-53H,1-10H3,(H,47,55). The SMILES string of the molecule is COC1C=COC2(C)Oc3c(C)c(O)c4c(O)c(c(C=Nc5ccccc5C)c(O)c4c3C2=O)NC(=O)C(C)=CC=CC(C)C(O)C(C)C(O)C(C)C(OC(C)=O)C1C. The Morgan fingerprint density at radius 1 is 0.915 bits per heavy atom. The lowest BCUT2D eigenvalue weighted by Gasteiger charge is -2.38. The zero-order chi connectivity index (χ0) is 43.7. The molecule has 0 spiro atoms. The number of nitrogens with zero attached hydrogens (tertiary/aromatic N) is 1. The van der Waals surface area contributed by atoms with E-state index in [0.717, 1.165) is 5.56 Å². The number of amides is 1. The summed E-state index contributed by atoms with van der Waals surface area (Å²) in [6.45, 7) is 14.3. The summed E-state index contributed by atoms with van der Waals surface area (Å²) in [7, 11) is 1.43. The molecule has 3 aromatic carbocycles. The number of Topliss-reactive ketones (excluding diaryl/α,β-unsaturated/α-hetero) is 1. The van der Waals surface area contributed by atoms with E-state index < -0.39 is 88.8 Å². The van der Waals surface area contributed by atoms with Crippen molar-refractivity contribution >= 4 is 46.0 Å². The molecule has 0 aliphatic carbocycles. The average molecular weight is 815 g/mol. The van der Waals surface area contributed by atoms with Gasteiger partial charge in [-0.05, 0) is 38.5 Å². The Kier molecular flexibility index (Phi) is 13.3. The molecule has 59 heavy (non-hydrogen) atoms. The number of phenolic OH excluding ortho intramolecular Hbond substituents is 3. The molecule has 1 amide bonds. The van der Waals surface area contributed by atoms with Crippen LogP contribution in [0.2, 0.25) is 0 Å². The number of benzene rings is 3. The second kappa shape index (κ2) is 17.7. The van der Waals surface area contributed by atoms with Gasteiger partial charge >= 0.3 is 11.8 Å². The van der Waals surface area contributed by atoms with Crippen LogP contribution in [0.3, 0.4) is 0 Å². The number of carbonyl (C=O) groups excluding carboxylic acids is 3. The van der Waals surface area contributed by atoms with Crippen LogP contribution in [-0.2, 0) is 23.8 Å². The minimum Gasteiger partial charge on any atom is -0.507 e. The molecule has 6 N–H and O–H groups in total. The van der Waals surface area contributed by atoms with E-state index in [1.165, 1.54) is 59.4 Å². The van der Waals surface area contributed by atoms with Gasteiger partial charge in [0, 0.05) is 67.4 Å². The fourth-order valence-corrected chi connectivity index (χ4v) is 7.71. The number of hydrogen-bond acceptors (Lipinski definition) is 13. The monoisotopic (exact) mass is 814 g/mol. The molecule has 3 aliphatic heterocycles. The summed E-state index contributed by atoms with van der Waals surface area (Å²) in [5.74, 6) is -8.49. The summed E-state index contributed by atoms with van der Waals surface area (Å²) < 4.78 is 23.6. The van der Waals surface area contributed by atoms with Gasteiger partial charge < -0.3 is 49.8 Å². The van der Waals surface area contributed by atoms with Crippen LogP contribution in [-0.4, -0.2) is 86.7 Å². The van der Waals surface area contributed by atoms with Crippen molar-refractivity contribution in [2.24, 2.45) is 28.7 Å². The van der Waals surface area contributed by atoms with Crippen molar-refractivity contribution in [2.75, 3.05) is 12.4 Å². The maximum Gasteiger partial charge on any atom is 0.312 e. The maximum atomic E-state index is 14.4. The topological polar surface area (TPSA) is 214 Å². The lowest BCUT2D eigenvalue weighted by molar-refractivity contribution is -0.160. The summed E-state index contributed by atoms with van der Waals surface area (Å²) in [4.78, 5) is 45.0. The second-order valence-corrected chi connectivity index (χ2v) is 15.7. The second-order valence-electron chi connectivity index (χ2n) is 15.7. The van der Waals surface area contributed by atoms with Crippen molar-refractivity contribution in [3.63, 3.8) is 0 Å². The number of hydrogen-bond donors (Lipinski definition) is 6. The maximum absolute atomic E-state index is 14.4. The number of rotatable bonds is 4. The van der Waals surface area contributed by atoms with E-state index >= 15 is 0 Å². The number of nitrogens with one attached hydrogen (secondary N) is 1. The third-order valence-corrected chi connectivity index (χ3v) is 11.5. The average Bonchev–Trinajstić information content (AvgIpc) is 3.46. The van der Waals surface area contributed by atoms with Crippen molar-refractivity contribution in [1.82, 2.24) is 0 Å². The molecule has 0 fully saturated rings. The van der Waals surface area contributed by atoms with Gasteiger partial charge in [-0.25, -0.2) is 0 Å². The van der Waals surface area contributed by atoms with Gasteiger partial charge in [0.15, 0.2) is 5.75 Å². The summed E-state index contributed by atoms with van der Waals surface area (Å²) >= 11 is 0. The summed E-state index contributed by atoms with van der Waals surface area (Å²) in [6, 6.07) is 7.16. The molecule has 316 valence electrons. The van der Waals surface area contributed by atoms with Crippen LogP contribution >= 0.6 is 0 Å². The largest absolute Gasteiger partial charge is 0.507 e. The molecule has 14 nitrogen and oxygen atoms in total. The highest BCUT2D eigenvalue weighted by molar-refractivity contribution is 6.24. The number of phenols is 3. The highest BCUT2D eigenvalue weighted by Crippen LogP contribution is 2.55. The van der Waals surface area contributed by atoms with E-state index in [-0.39, 0.29) is 44.5 Å². The number of ketones is 1. The van der Waals surface area contributed by atoms with Gasteiger partial charge in [-0.3, -0.25) is 19.4 Å². The van der Waals surface area contributed by atoms with Crippen molar-refractivity contribution < 1.29 is 58.9 Å². The molecular formula is C45H54N2O12. The number of carbonyl (C=O) groups is 3. The highest BCUT2D eigenvalue weighted by Gasteiger charge is 2.50. The Labute approximate surface area is 343 Å². The smallest absolute Gasteiger partial charge is 0.312 e. The molecule has 3 aromatic rings. The number of anilines is 1. The normalized spacial score (nSPS) is 28.1. The van der Waals surface area contributed by atoms with Crippen LogP contribution in [0.5, 0.6) is 23.0 Å². The van der Waals surface area contributed by atoms with Crippen molar-refractivity contribution in [3.8, 4) is 23.0 Å². The van der Waals surface area contributed by atoms with Gasteiger partial charge in [0.1, 0.15) is 23.4 Å². The van der Waals surface area contributed by atoms with Gasteiger partial charge in [0.2, 0.25) is 0 Å². The Morgan fingerprint density at radius 3 is 2.24 bits per heavy atom. The number of aliphatic imine (C=N–C) groups is 1. The number of para-hydroxylation sites is 1. The molecule has 0 aromatic heterocycles. The van der Waals surface area contributed by atoms with E-state index in [2.05, 4.69) is 10.3 Å². The molecule has 0 saturated heterocycles. The van der Waals surface area contributed by atoms with Crippen molar-refractivity contribution in [2.45, 2.75) is 92.5 Å². The molecule has 6 rings (SSSR count). The number of ether oxygens (including phenoxy) is 4. The summed E-state index contributed by atoms with van der Waals surface area (Å²) in [6.07, 6.45) is 4.75. The molecule has 5 bridgehead atoms. The van der Waals surface area contributed by atoms with Gasteiger partial charge in [-0.1, -0.05) is 64.1 Å². The van der Waals surface area contributed by atoms with E-state index in [9.17, 15) is 39.9 Å². The molecule has 3 heterocycles. The molecule has 3 aliphatic rings. The molecule has 0 radical (unpaired) electrons. The minimum atomic E-state index is -2.06. The van der Waals surface area contributed by atoms with Crippen LogP contribution < -0.4 is 10.1 Å². The lowest BCUT2D eigenvalue weighted by atomic mass is 9.78. The van der Waals surface area contributed by atoms with E-state index in [0.29, 0.717) is 5.69 Å². The number of aryl methyl sites for hydroxylation is 1. The van der Waals surface area contributed by atoms with Crippen LogP contribution in [0.15, 0.2) is 65.4 Å². The first-order valence-electron chi connectivity index (χ1n) is 19.4. The number of fused-ring (bicyclic) bond motifs is 14. The van der Waals surface area contributed by atoms with Gasteiger partial charge in [0.25, 0.3) is 11.7 Å². The number of aliphatic hydroxyl groups excluding tert-OH is 2. The first-order valence-corrected chi connectivity index (χ1v) is 19.4. The van der Waals surface area contributed by atoms with E-state index in [1.807, 2.05) is 19.1 Å². The number of methoxy groups -OCH3 is 1. The summed E-state index contributed by atoms with van der Waals surface area (Å²) in [5.41, 5.74) is 0.849.